The minimum Gasteiger partial charge on any atom is -0.377 e. The molecule has 1 rings (SSSR count). The van der Waals surface area contributed by atoms with Crippen LogP contribution >= 0.6 is 0 Å². The van der Waals surface area contributed by atoms with Gasteiger partial charge in [0.05, 0.1) is 23.2 Å². The van der Waals surface area contributed by atoms with Gasteiger partial charge in [0.2, 0.25) is 0 Å². The molecule has 0 aromatic heterocycles. The molecule has 108 valence electrons. The van der Waals surface area contributed by atoms with E-state index in [1.54, 1.807) is 20.8 Å². The molecule has 0 radical (unpaired) electrons. The van der Waals surface area contributed by atoms with E-state index in [1.807, 2.05) is 0 Å². The van der Waals surface area contributed by atoms with E-state index in [0.717, 1.165) is 19.3 Å². The van der Waals surface area contributed by atoms with Gasteiger partial charge in [0.15, 0.2) is 9.84 Å². The summed E-state index contributed by atoms with van der Waals surface area (Å²) in [6, 6.07) is 0. The van der Waals surface area contributed by atoms with Crippen LogP contribution in [0.15, 0.2) is 0 Å². The molecule has 0 aromatic carbocycles. The van der Waals surface area contributed by atoms with Crippen LogP contribution in [0.1, 0.15) is 46.5 Å². The predicted molar refractivity (Wildman–Crippen MR) is 74.3 cm³/mol. The summed E-state index contributed by atoms with van der Waals surface area (Å²) in [4.78, 5) is 0. The lowest BCUT2D eigenvalue weighted by atomic mass is 9.86. The van der Waals surface area contributed by atoms with Crippen molar-refractivity contribution < 1.29 is 13.2 Å². The molecule has 0 amide bonds. The molecule has 0 spiro atoms. The fraction of sp³-hybridized carbons (Fsp3) is 1.00. The summed E-state index contributed by atoms with van der Waals surface area (Å²) in [7, 11) is -3.08. The van der Waals surface area contributed by atoms with E-state index >= 15 is 0 Å². The van der Waals surface area contributed by atoms with Crippen LogP contribution in [-0.4, -0.2) is 38.2 Å². The van der Waals surface area contributed by atoms with Gasteiger partial charge in [-0.15, -0.1) is 0 Å². The van der Waals surface area contributed by atoms with Gasteiger partial charge in [-0.2, -0.15) is 0 Å². The monoisotopic (exact) mass is 277 g/mol. The molecule has 1 aliphatic carbocycles. The van der Waals surface area contributed by atoms with Crippen LogP contribution in [-0.2, 0) is 14.6 Å². The highest BCUT2D eigenvalue weighted by Gasteiger charge is 2.30. The Morgan fingerprint density at radius 3 is 2.39 bits per heavy atom. The molecule has 0 aromatic rings. The quantitative estimate of drug-likeness (QED) is 0.831. The van der Waals surface area contributed by atoms with E-state index in [9.17, 15) is 8.42 Å². The van der Waals surface area contributed by atoms with Gasteiger partial charge in [-0.1, -0.05) is 12.8 Å². The standard InChI is InChI=1S/C13H27NO3S/c1-13(2,3)18(15,16)9-8-17-12-7-5-4-6-11(12)10-14/h11-12H,4-10,14H2,1-3H3. The highest BCUT2D eigenvalue weighted by atomic mass is 32.2. The molecule has 2 unspecified atom stereocenters. The molecule has 0 aliphatic heterocycles. The van der Waals surface area contributed by atoms with Crippen molar-refractivity contribution in [1.82, 2.24) is 0 Å². The molecule has 18 heavy (non-hydrogen) atoms. The maximum atomic E-state index is 11.9. The third-order valence-corrected chi connectivity index (χ3v) is 6.33. The molecule has 1 aliphatic rings. The van der Waals surface area contributed by atoms with Crippen LogP contribution in [0.3, 0.4) is 0 Å². The average Bonchev–Trinajstić information content (AvgIpc) is 2.28. The Balaban J connectivity index is 2.41. The van der Waals surface area contributed by atoms with E-state index < -0.39 is 14.6 Å². The van der Waals surface area contributed by atoms with E-state index in [0.29, 0.717) is 19.1 Å². The number of rotatable bonds is 5. The summed E-state index contributed by atoms with van der Waals surface area (Å²) in [5.74, 6) is 0.501. The Labute approximate surface area is 111 Å². The Morgan fingerprint density at radius 2 is 1.83 bits per heavy atom. The molecule has 2 N–H and O–H groups in total. The predicted octanol–water partition coefficient (Wildman–Crippen LogP) is 1.73. The van der Waals surface area contributed by atoms with Crippen LogP contribution in [0.2, 0.25) is 0 Å². The van der Waals surface area contributed by atoms with Gasteiger partial charge in [-0.05, 0) is 46.1 Å². The van der Waals surface area contributed by atoms with Crippen molar-refractivity contribution in [1.29, 1.82) is 0 Å². The Hall–Kier alpha value is -0.130. The highest BCUT2D eigenvalue weighted by molar-refractivity contribution is 7.92. The maximum Gasteiger partial charge on any atom is 0.157 e. The van der Waals surface area contributed by atoms with Crippen LogP contribution < -0.4 is 5.73 Å². The van der Waals surface area contributed by atoms with Gasteiger partial charge in [0, 0.05) is 0 Å². The molecule has 0 saturated heterocycles. The maximum absolute atomic E-state index is 11.9. The summed E-state index contributed by atoms with van der Waals surface area (Å²) in [5, 5.41) is 0. The van der Waals surface area contributed by atoms with E-state index in [-0.39, 0.29) is 11.9 Å². The molecule has 1 fully saturated rings. The Morgan fingerprint density at radius 1 is 1.22 bits per heavy atom. The normalized spacial score (nSPS) is 26.2. The van der Waals surface area contributed by atoms with Gasteiger partial charge in [-0.3, -0.25) is 0 Å². The van der Waals surface area contributed by atoms with Crippen molar-refractivity contribution in [2.45, 2.75) is 57.3 Å². The number of hydrogen-bond acceptors (Lipinski definition) is 4. The molecule has 0 heterocycles. The largest absolute Gasteiger partial charge is 0.377 e. The first kappa shape index (κ1) is 15.9. The number of hydrogen-bond donors (Lipinski definition) is 1. The second kappa shape index (κ2) is 6.35. The second-order valence-corrected chi connectivity index (χ2v) is 8.98. The summed E-state index contributed by atoms with van der Waals surface area (Å²) in [6.45, 7) is 6.11. The third-order valence-electron chi connectivity index (χ3n) is 3.76. The summed E-state index contributed by atoms with van der Waals surface area (Å²) in [6.07, 6.45) is 4.64. The smallest absolute Gasteiger partial charge is 0.157 e. The van der Waals surface area contributed by atoms with Gasteiger partial charge in [-0.25, -0.2) is 8.42 Å². The molecular formula is C13H27NO3S. The van der Waals surface area contributed by atoms with E-state index in [1.165, 1.54) is 6.42 Å². The number of sulfone groups is 1. The van der Waals surface area contributed by atoms with Crippen molar-refractivity contribution in [3.05, 3.63) is 0 Å². The second-order valence-electron chi connectivity index (χ2n) is 6.12. The first-order valence-corrected chi connectivity index (χ1v) is 8.47. The third kappa shape index (κ3) is 4.21. The molecule has 4 nitrogen and oxygen atoms in total. The van der Waals surface area contributed by atoms with E-state index in [2.05, 4.69) is 0 Å². The first-order valence-electron chi connectivity index (χ1n) is 6.82. The molecule has 0 bridgehead atoms. The van der Waals surface area contributed by atoms with Gasteiger partial charge >= 0.3 is 0 Å². The molecule has 5 heteroatoms. The highest BCUT2D eigenvalue weighted by Crippen LogP contribution is 2.26. The van der Waals surface area contributed by atoms with Crippen LogP contribution in [0.4, 0.5) is 0 Å². The van der Waals surface area contributed by atoms with Gasteiger partial charge in [0.1, 0.15) is 0 Å². The zero-order valence-corrected chi connectivity index (χ0v) is 12.6. The zero-order chi connectivity index (χ0) is 13.8. The first-order chi connectivity index (χ1) is 8.28. The van der Waals surface area contributed by atoms with Crippen molar-refractivity contribution in [3.8, 4) is 0 Å². The summed E-state index contributed by atoms with van der Waals surface area (Å²) >= 11 is 0. The number of nitrogens with two attached hydrogens (primary N) is 1. The van der Waals surface area contributed by atoms with Crippen LogP contribution in [0.25, 0.3) is 0 Å². The molecule has 1 saturated carbocycles. The van der Waals surface area contributed by atoms with Crippen molar-refractivity contribution in [3.63, 3.8) is 0 Å². The summed E-state index contributed by atoms with van der Waals surface area (Å²) < 4.78 is 28.9. The molecule has 2 atom stereocenters. The topological polar surface area (TPSA) is 69.4 Å². The van der Waals surface area contributed by atoms with E-state index in [4.69, 9.17) is 10.5 Å². The Bertz CT molecular complexity index is 346. The van der Waals surface area contributed by atoms with Crippen LogP contribution in [0, 0.1) is 5.92 Å². The average molecular weight is 277 g/mol. The fourth-order valence-corrected chi connectivity index (χ4v) is 3.21. The van der Waals surface area contributed by atoms with Crippen molar-refractivity contribution in [2.24, 2.45) is 11.7 Å². The fourth-order valence-electron chi connectivity index (χ4n) is 2.28. The van der Waals surface area contributed by atoms with Gasteiger partial charge in [0.25, 0.3) is 0 Å². The van der Waals surface area contributed by atoms with Crippen molar-refractivity contribution in [2.75, 3.05) is 18.9 Å². The molecular weight excluding hydrogens is 250 g/mol. The minimum atomic E-state index is -3.08. The minimum absolute atomic E-state index is 0.101. The lowest BCUT2D eigenvalue weighted by molar-refractivity contribution is -0.000210. The number of ether oxygens (including phenoxy) is 1. The van der Waals surface area contributed by atoms with Crippen LogP contribution in [0.5, 0.6) is 0 Å². The van der Waals surface area contributed by atoms with Crippen molar-refractivity contribution >= 4 is 9.84 Å². The SMILES string of the molecule is CC(C)(C)S(=O)(=O)CCOC1CCCCC1CN. The Kier molecular flexibility index (Phi) is 5.62. The lowest BCUT2D eigenvalue weighted by Crippen LogP contribution is -2.36. The lowest BCUT2D eigenvalue weighted by Gasteiger charge is -2.31. The zero-order valence-electron chi connectivity index (χ0n) is 11.8. The van der Waals surface area contributed by atoms with Gasteiger partial charge < -0.3 is 10.5 Å². The summed E-state index contributed by atoms with van der Waals surface area (Å²) in [5.41, 5.74) is 5.72.